The summed E-state index contributed by atoms with van der Waals surface area (Å²) in [4.78, 5) is 0. The van der Waals surface area contributed by atoms with Crippen LogP contribution in [0.5, 0.6) is 0 Å². The molecule has 1 heterocycles. The lowest BCUT2D eigenvalue weighted by molar-refractivity contribution is -0.358. The Kier molecular flexibility index (Phi) is 2.25. The number of hydrogen-bond donors (Lipinski definition) is 1. The monoisotopic (exact) mass is 239 g/mol. The van der Waals surface area contributed by atoms with Crippen molar-refractivity contribution in [1.29, 1.82) is 0 Å². The lowest BCUT2D eigenvalue weighted by Crippen LogP contribution is -2.32. The summed E-state index contributed by atoms with van der Waals surface area (Å²) >= 11 is 0. The first-order chi connectivity index (χ1) is 8.62. The van der Waals surface area contributed by atoms with Crippen LogP contribution in [0.2, 0.25) is 0 Å². The van der Waals surface area contributed by atoms with Crippen molar-refractivity contribution in [2.45, 2.75) is 12.5 Å². The molecule has 1 aliphatic heterocycles. The molecule has 0 bridgehead atoms. The highest BCUT2D eigenvalue weighted by Crippen LogP contribution is 2.39. The van der Waals surface area contributed by atoms with Crippen molar-refractivity contribution >= 4 is 11.4 Å². The molecule has 1 atom stereocenters. The second-order valence-electron chi connectivity index (χ2n) is 4.60. The van der Waals surface area contributed by atoms with E-state index in [0.717, 1.165) is 10.3 Å². The molecular formula is C15H13NO2. The molecule has 1 unspecified atom stereocenters. The van der Waals surface area contributed by atoms with Crippen molar-refractivity contribution in [3.05, 3.63) is 70.9 Å². The van der Waals surface area contributed by atoms with Gasteiger partial charge in [-0.1, -0.05) is 30.3 Å². The van der Waals surface area contributed by atoms with E-state index in [1.54, 1.807) is 25.1 Å². The van der Waals surface area contributed by atoms with Crippen molar-refractivity contribution in [3.8, 4) is 0 Å². The molecule has 18 heavy (non-hydrogen) atoms. The third-order valence-corrected chi connectivity index (χ3v) is 3.36. The highest BCUT2D eigenvalue weighted by atomic mass is 16.5. The second kappa shape index (κ2) is 3.68. The van der Waals surface area contributed by atoms with Crippen LogP contribution in [0, 0.1) is 5.21 Å². The molecule has 0 aliphatic carbocycles. The molecule has 0 saturated heterocycles. The first-order valence-corrected chi connectivity index (χ1v) is 5.84. The van der Waals surface area contributed by atoms with Gasteiger partial charge in [0, 0.05) is 11.6 Å². The minimum Gasteiger partial charge on any atom is -0.618 e. The number of aliphatic hydroxyl groups is 1. The third-order valence-electron chi connectivity index (χ3n) is 3.36. The lowest BCUT2D eigenvalue weighted by atomic mass is 9.89. The van der Waals surface area contributed by atoms with Crippen LogP contribution in [0.1, 0.15) is 18.1 Å². The van der Waals surface area contributed by atoms with Gasteiger partial charge in [0.1, 0.15) is 0 Å². The van der Waals surface area contributed by atoms with Crippen molar-refractivity contribution in [3.63, 3.8) is 0 Å². The number of benzene rings is 2. The average molecular weight is 239 g/mol. The van der Waals surface area contributed by atoms with Gasteiger partial charge >= 0.3 is 0 Å². The molecule has 0 fully saturated rings. The Morgan fingerprint density at radius 2 is 1.61 bits per heavy atom. The number of hydrogen-bond acceptors (Lipinski definition) is 2. The van der Waals surface area contributed by atoms with Crippen LogP contribution in [0.15, 0.2) is 54.6 Å². The summed E-state index contributed by atoms with van der Waals surface area (Å²) in [5.41, 5.74) is 1.04. The highest BCUT2D eigenvalue weighted by Gasteiger charge is 2.46. The van der Waals surface area contributed by atoms with Gasteiger partial charge in [0.2, 0.25) is 11.4 Å². The Morgan fingerprint density at radius 3 is 2.28 bits per heavy atom. The molecule has 90 valence electrons. The molecule has 3 heteroatoms. The maximum absolute atomic E-state index is 12.3. The van der Waals surface area contributed by atoms with Crippen molar-refractivity contribution in [2.75, 3.05) is 0 Å². The molecular weight excluding hydrogens is 226 g/mol. The molecule has 2 aromatic carbocycles. The topological polar surface area (TPSA) is 46.3 Å². The van der Waals surface area contributed by atoms with E-state index >= 15 is 0 Å². The van der Waals surface area contributed by atoms with Crippen LogP contribution in [-0.4, -0.2) is 15.6 Å². The first-order valence-electron chi connectivity index (χ1n) is 5.84. The van der Waals surface area contributed by atoms with Gasteiger partial charge in [-0.3, -0.25) is 0 Å². The quantitative estimate of drug-likeness (QED) is 0.614. The van der Waals surface area contributed by atoms with E-state index < -0.39 is 5.60 Å². The molecule has 0 radical (unpaired) electrons. The largest absolute Gasteiger partial charge is 0.618 e. The smallest absolute Gasteiger partial charge is 0.236 e. The summed E-state index contributed by atoms with van der Waals surface area (Å²) in [6.45, 7) is 1.66. The number of nitrogens with zero attached hydrogens (tertiary/aromatic N) is 1. The van der Waals surface area contributed by atoms with Gasteiger partial charge < -0.3 is 10.3 Å². The van der Waals surface area contributed by atoms with Crippen molar-refractivity contribution in [1.82, 2.24) is 0 Å². The minimum atomic E-state index is -1.25. The Bertz CT molecular complexity index is 630. The fourth-order valence-electron chi connectivity index (χ4n) is 2.50. The van der Waals surface area contributed by atoms with E-state index in [0.29, 0.717) is 17.0 Å². The second-order valence-corrected chi connectivity index (χ2v) is 4.60. The van der Waals surface area contributed by atoms with Gasteiger partial charge in [-0.15, -0.1) is 0 Å². The first kappa shape index (κ1) is 11.0. The van der Waals surface area contributed by atoms with Gasteiger partial charge in [-0.2, -0.15) is 4.74 Å². The van der Waals surface area contributed by atoms with E-state index in [4.69, 9.17) is 0 Å². The van der Waals surface area contributed by atoms with E-state index in [-0.39, 0.29) is 0 Å². The van der Waals surface area contributed by atoms with E-state index in [9.17, 15) is 10.3 Å². The number of para-hydroxylation sites is 1. The van der Waals surface area contributed by atoms with Gasteiger partial charge in [0.25, 0.3) is 0 Å². The van der Waals surface area contributed by atoms with Crippen LogP contribution in [0.3, 0.4) is 0 Å². The average Bonchev–Trinajstić information content (AvgIpc) is 2.59. The van der Waals surface area contributed by atoms with Crippen LogP contribution >= 0.6 is 0 Å². The zero-order valence-corrected chi connectivity index (χ0v) is 10.00. The van der Waals surface area contributed by atoms with Crippen molar-refractivity contribution < 1.29 is 9.85 Å². The zero-order valence-electron chi connectivity index (χ0n) is 10.00. The Labute approximate surface area is 105 Å². The fraction of sp³-hybridized carbons (Fsp3) is 0.133. The molecule has 0 spiro atoms. The van der Waals surface area contributed by atoms with E-state index in [1.807, 2.05) is 36.4 Å². The lowest BCUT2D eigenvalue weighted by Gasteiger charge is -2.16. The molecule has 0 amide bonds. The zero-order chi connectivity index (χ0) is 12.8. The van der Waals surface area contributed by atoms with Crippen LogP contribution in [0.4, 0.5) is 5.69 Å². The molecule has 3 rings (SSSR count). The van der Waals surface area contributed by atoms with Crippen LogP contribution in [-0.2, 0) is 5.60 Å². The number of rotatable bonds is 1. The molecule has 2 aromatic rings. The van der Waals surface area contributed by atoms with Gasteiger partial charge in [-0.05, 0) is 25.1 Å². The summed E-state index contributed by atoms with van der Waals surface area (Å²) in [6, 6.07) is 16.4. The van der Waals surface area contributed by atoms with Crippen molar-refractivity contribution in [2.24, 2.45) is 0 Å². The summed E-state index contributed by atoms with van der Waals surface area (Å²) in [6.07, 6.45) is 0. The normalized spacial score (nSPS) is 22.1. The standard InChI is InChI=1S/C15H13NO2/c1-15(17)12-9-5-6-10-13(12)16(18)14(15)11-7-3-2-4-8-11/h2-10,17H,1H3. The maximum atomic E-state index is 12.3. The Balaban J connectivity index is 2.26. The van der Waals surface area contributed by atoms with E-state index in [1.165, 1.54) is 0 Å². The molecule has 1 aliphatic rings. The minimum absolute atomic E-state index is 0.379. The molecule has 1 N–H and O–H groups in total. The molecule has 3 nitrogen and oxygen atoms in total. The predicted octanol–water partition coefficient (Wildman–Crippen LogP) is 2.54. The number of fused-ring (bicyclic) bond motifs is 1. The highest BCUT2D eigenvalue weighted by molar-refractivity contribution is 6.06. The van der Waals surface area contributed by atoms with Crippen LogP contribution in [0.25, 0.3) is 0 Å². The summed E-state index contributed by atoms with van der Waals surface area (Å²) in [5, 5.41) is 23.0. The van der Waals surface area contributed by atoms with Gasteiger partial charge in [0.05, 0.1) is 5.56 Å². The fourth-order valence-corrected chi connectivity index (χ4v) is 2.50. The van der Waals surface area contributed by atoms with Crippen LogP contribution < -0.4 is 0 Å². The predicted molar refractivity (Wildman–Crippen MR) is 69.9 cm³/mol. The Morgan fingerprint density at radius 1 is 1.00 bits per heavy atom. The summed E-state index contributed by atoms with van der Waals surface area (Å²) < 4.78 is 0.824. The molecule has 0 aromatic heterocycles. The molecule has 0 saturated carbocycles. The SMILES string of the molecule is CC1(O)C(c2ccccc2)=[N+]([O-])c2ccccc21. The maximum Gasteiger partial charge on any atom is 0.236 e. The van der Waals surface area contributed by atoms with E-state index in [2.05, 4.69) is 0 Å². The Hall–Kier alpha value is -2.13. The summed E-state index contributed by atoms with van der Waals surface area (Å²) in [7, 11) is 0. The van der Waals surface area contributed by atoms with Gasteiger partial charge in [-0.25, -0.2) is 0 Å². The summed E-state index contributed by atoms with van der Waals surface area (Å²) in [5.74, 6) is 0. The third kappa shape index (κ3) is 1.38. The van der Waals surface area contributed by atoms with Gasteiger partial charge in [0.15, 0.2) is 5.60 Å².